The fraction of sp³-hybridized carbons (Fsp3) is 0.538. The average molecular weight is 207 g/mol. The molecule has 0 spiro atoms. The number of nitrogens with one attached hydrogen (secondary N) is 1. The lowest BCUT2D eigenvalue weighted by Crippen LogP contribution is -2.36. The first-order valence-electron chi connectivity index (χ1n) is 5.51. The summed E-state index contributed by atoms with van der Waals surface area (Å²) in [5.74, 6) is 0. The van der Waals surface area contributed by atoms with Crippen molar-refractivity contribution in [1.29, 1.82) is 0 Å². The molecule has 0 heterocycles. The van der Waals surface area contributed by atoms with E-state index in [2.05, 4.69) is 19.2 Å². The molecule has 1 rings (SSSR count). The van der Waals surface area contributed by atoms with E-state index in [0.717, 1.165) is 5.56 Å². The molecule has 0 unspecified atom stereocenters. The molecule has 0 aliphatic carbocycles. The van der Waals surface area contributed by atoms with E-state index in [4.69, 9.17) is 0 Å². The maximum absolute atomic E-state index is 10.1. The van der Waals surface area contributed by atoms with Crippen molar-refractivity contribution in [2.24, 2.45) is 0 Å². The van der Waals surface area contributed by atoms with Crippen LogP contribution in [0, 0.1) is 6.92 Å². The number of aliphatic hydroxyl groups is 1. The molecule has 84 valence electrons. The highest BCUT2D eigenvalue weighted by molar-refractivity contribution is 5.23. The summed E-state index contributed by atoms with van der Waals surface area (Å²) in [6.07, 6.45) is -0.437. The van der Waals surface area contributed by atoms with Crippen molar-refractivity contribution in [3.8, 4) is 0 Å². The topological polar surface area (TPSA) is 32.3 Å². The number of rotatable bonds is 4. The predicted molar refractivity (Wildman–Crippen MR) is 63.9 cm³/mol. The van der Waals surface area contributed by atoms with Gasteiger partial charge in [0.1, 0.15) is 0 Å². The molecule has 0 aliphatic rings. The summed E-state index contributed by atoms with van der Waals surface area (Å²) in [5.41, 5.74) is 2.19. The van der Waals surface area contributed by atoms with Crippen molar-refractivity contribution in [3.05, 3.63) is 35.4 Å². The summed E-state index contributed by atoms with van der Waals surface area (Å²) in [6, 6.07) is 8.49. The standard InChI is InChI=1S/C13H21NO/c1-9(2)14-11(4)13(15)12-7-5-10(3)6-8-12/h5-9,11,13-15H,1-4H3/t11-,13+/m0/s1. The lowest BCUT2D eigenvalue weighted by Gasteiger charge is -2.22. The van der Waals surface area contributed by atoms with E-state index in [1.165, 1.54) is 5.56 Å². The molecule has 1 aromatic carbocycles. The number of benzene rings is 1. The number of hydrogen-bond acceptors (Lipinski definition) is 2. The van der Waals surface area contributed by atoms with E-state index in [9.17, 15) is 5.11 Å². The molecule has 0 amide bonds. The van der Waals surface area contributed by atoms with Gasteiger partial charge in [-0.15, -0.1) is 0 Å². The summed E-state index contributed by atoms with van der Waals surface area (Å²) < 4.78 is 0. The summed E-state index contributed by atoms with van der Waals surface area (Å²) in [5, 5.41) is 13.4. The summed E-state index contributed by atoms with van der Waals surface area (Å²) in [7, 11) is 0. The smallest absolute Gasteiger partial charge is 0.0940 e. The number of hydrogen-bond donors (Lipinski definition) is 2. The first kappa shape index (κ1) is 12.2. The van der Waals surface area contributed by atoms with Gasteiger partial charge in [-0.2, -0.15) is 0 Å². The molecular weight excluding hydrogens is 186 g/mol. The molecule has 2 N–H and O–H groups in total. The third-order valence-corrected chi connectivity index (χ3v) is 2.49. The van der Waals surface area contributed by atoms with Crippen LogP contribution < -0.4 is 5.32 Å². The maximum Gasteiger partial charge on any atom is 0.0940 e. The fourth-order valence-electron chi connectivity index (χ4n) is 1.67. The highest BCUT2D eigenvalue weighted by atomic mass is 16.3. The van der Waals surface area contributed by atoms with Crippen LogP contribution in [0.3, 0.4) is 0 Å². The number of aliphatic hydroxyl groups excluding tert-OH is 1. The Kier molecular flexibility index (Phi) is 4.30. The molecule has 0 radical (unpaired) electrons. The summed E-state index contributed by atoms with van der Waals surface area (Å²) in [6.45, 7) is 8.22. The van der Waals surface area contributed by atoms with Crippen LogP contribution in [0.4, 0.5) is 0 Å². The summed E-state index contributed by atoms with van der Waals surface area (Å²) in [4.78, 5) is 0. The van der Waals surface area contributed by atoms with Crippen LogP contribution in [0.2, 0.25) is 0 Å². The zero-order valence-electron chi connectivity index (χ0n) is 9.99. The Morgan fingerprint density at radius 1 is 1.07 bits per heavy atom. The molecule has 2 heteroatoms. The van der Waals surface area contributed by atoms with E-state index < -0.39 is 6.10 Å². The molecule has 1 aromatic rings. The SMILES string of the molecule is Cc1ccc([C@H](O)[C@H](C)NC(C)C)cc1. The van der Waals surface area contributed by atoms with Crippen molar-refractivity contribution in [3.63, 3.8) is 0 Å². The zero-order chi connectivity index (χ0) is 11.4. The Balaban J connectivity index is 2.67. The minimum atomic E-state index is -0.437. The van der Waals surface area contributed by atoms with E-state index >= 15 is 0 Å². The van der Waals surface area contributed by atoms with Gasteiger partial charge in [-0.1, -0.05) is 43.7 Å². The van der Waals surface area contributed by atoms with Gasteiger partial charge >= 0.3 is 0 Å². The van der Waals surface area contributed by atoms with Gasteiger partial charge in [0.25, 0.3) is 0 Å². The second-order valence-corrected chi connectivity index (χ2v) is 4.47. The second kappa shape index (κ2) is 5.29. The summed E-state index contributed by atoms with van der Waals surface area (Å²) >= 11 is 0. The van der Waals surface area contributed by atoms with Crippen molar-refractivity contribution < 1.29 is 5.11 Å². The van der Waals surface area contributed by atoms with Crippen LogP contribution in [0.15, 0.2) is 24.3 Å². The molecule has 2 atom stereocenters. The first-order chi connectivity index (χ1) is 7.00. The Hall–Kier alpha value is -0.860. The first-order valence-corrected chi connectivity index (χ1v) is 5.51. The number of aryl methyl sites for hydroxylation is 1. The minimum absolute atomic E-state index is 0.0766. The molecular formula is C13H21NO. The van der Waals surface area contributed by atoms with Crippen LogP contribution >= 0.6 is 0 Å². The van der Waals surface area contributed by atoms with Gasteiger partial charge in [0.2, 0.25) is 0 Å². The van der Waals surface area contributed by atoms with Gasteiger partial charge < -0.3 is 10.4 Å². The highest BCUT2D eigenvalue weighted by Gasteiger charge is 2.16. The Morgan fingerprint density at radius 2 is 1.60 bits per heavy atom. The Labute approximate surface area is 92.3 Å². The van der Waals surface area contributed by atoms with E-state index in [-0.39, 0.29) is 6.04 Å². The third kappa shape index (κ3) is 3.65. The molecule has 0 fully saturated rings. The molecule has 0 aromatic heterocycles. The fourth-order valence-corrected chi connectivity index (χ4v) is 1.67. The van der Waals surface area contributed by atoms with Crippen LogP contribution in [-0.4, -0.2) is 17.2 Å². The van der Waals surface area contributed by atoms with Crippen molar-refractivity contribution in [2.75, 3.05) is 0 Å². The second-order valence-electron chi connectivity index (χ2n) is 4.47. The predicted octanol–water partition coefficient (Wildman–Crippen LogP) is 2.41. The van der Waals surface area contributed by atoms with Gasteiger partial charge in [-0.25, -0.2) is 0 Å². The van der Waals surface area contributed by atoms with Crippen LogP contribution in [0.5, 0.6) is 0 Å². The van der Waals surface area contributed by atoms with Crippen LogP contribution in [0.25, 0.3) is 0 Å². The van der Waals surface area contributed by atoms with Crippen molar-refractivity contribution >= 4 is 0 Å². The average Bonchev–Trinajstić information content (AvgIpc) is 2.17. The van der Waals surface area contributed by atoms with Gasteiger partial charge in [0.05, 0.1) is 6.10 Å². The quantitative estimate of drug-likeness (QED) is 0.794. The molecule has 2 nitrogen and oxygen atoms in total. The van der Waals surface area contributed by atoms with Crippen molar-refractivity contribution in [1.82, 2.24) is 5.32 Å². The Bertz CT molecular complexity index is 292. The van der Waals surface area contributed by atoms with Gasteiger partial charge in [0, 0.05) is 12.1 Å². The Morgan fingerprint density at radius 3 is 2.07 bits per heavy atom. The monoisotopic (exact) mass is 207 g/mol. The van der Waals surface area contributed by atoms with E-state index in [0.29, 0.717) is 6.04 Å². The molecule has 0 saturated heterocycles. The van der Waals surface area contributed by atoms with Gasteiger partial charge in [0.15, 0.2) is 0 Å². The third-order valence-electron chi connectivity index (χ3n) is 2.49. The molecule has 0 saturated carbocycles. The molecule has 0 bridgehead atoms. The van der Waals surface area contributed by atoms with Crippen molar-refractivity contribution in [2.45, 2.75) is 45.9 Å². The van der Waals surface area contributed by atoms with Crippen LogP contribution in [-0.2, 0) is 0 Å². The van der Waals surface area contributed by atoms with Gasteiger partial charge in [-0.05, 0) is 19.4 Å². The maximum atomic E-state index is 10.1. The van der Waals surface area contributed by atoms with Gasteiger partial charge in [-0.3, -0.25) is 0 Å². The van der Waals surface area contributed by atoms with E-state index in [1.807, 2.05) is 38.1 Å². The van der Waals surface area contributed by atoms with Crippen LogP contribution in [0.1, 0.15) is 38.0 Å². The molecule has 15 heavy (non-hydrogen) atoms. The lowest BCUT2D eigenvalue weighted by atomic mass is 10.0. The largest absolute Gasteiger partial charge is 0.387 e. The normalized spacial score (nSPS) is 15.3. The minimum Gasteiger partial charge on any atom is -0.387 e. The van der Waals surface area contributed by atoms with E-state index in [1.54, 1.807) is 0 Å². The highest BCUT2D eigenvalue weighted by Crippen LogP contribution is 2.17. The zero-order valence-corrected chi connectivity index (χ0v) is 9.99. The molecule has 0 aliphatic heterocycles. The lowest BCUT2D eigenvalue weighted by molar-refractivity contribution is 0.132.